The number of carbonyl (C=O) groups excluding carboxylic acids is 2. The van der Waals surface area contributed by atoms with E-state index in [9.17, 15) is 24.1 Å². The summed E-state index contributed by atoms with van der Waals surface area (Å²) >= 11 is 5.62. The van der Waals surface area contributed by atoms with E-state index in [2.05, 4.69) is 5.32 Å². The summed E-state index contributed by atoms with van der Waals surface area (Å²) in [5.41, 5.74) is 4.89. The van der Waals surface area contributed by atoms with Crippen LogP contribution in [-0.4, -0.2) is 22.9 Å². The van der Waals surface area contributed by atoms with E-state index in [4.69, 9.17) is 22.1 Å². The zero-order valence-corrected chi connectivity index (χ0v) is 14.1. The van der Waals surface area contributed by atoms with Gasteiger partial charge in [-0.3, -0.25) is 14.9 Å². The highest BCUT2D eigenvalue weighted by atomic mass is 35.5. The lowest BCUT2D eigenvalue weighted by molar-refractivity contribution is -0.384. The number of hydrogen-bond donors (Lipinski definition) is 2. The van der Waals surface area contributed by atoms with E-state index in [-0.39, 0.29) is 27.6 Å². The van der Waals surface area contributed by atoms with Gasteiger partial charge in [0.2, 0.25) is 0 Å². The van der Waals surface area contributed by atoms with Gasteiger partial charge in [-0.1, -0.05) is 11.6 Å². The predicted molar refractivity (Wildman–Crippen MR) is 92.4 cm³/mol. The number of ether oxygens (including phenoxy) is 1. The Labute approximate surface area is 151 Å². The van der Waals surface area contributed by atoms with E-state index in [0.29, 0.717) is 0 Å². The largest absolute Gasteiger partial charge is 0.449 e. The average molecular weight is 382 g/mol. The number of nitrogens with zero attached hydrogens (tertiary/aromatic N) is 1. The zero-order valence-electron chi connectivity index (χ0n) is 13.4. The second-order valence-corrected chi connectivity index (χ2v) is 5.63. The number of nitrogens with one attached hydrogen (secondary N) is 1. The number of nitrogen functional groups attached to an aromatic ring is 1. The second-order valence-electron chi connectivity index (χ2n) is 5.19. The molecule has 2 rings (SSSR count). The van der Waals surface area contributed by atoms with Crippen molar-refractivity contribution in [3.05, 3.63) is 62.9 Å². The van der Waals surface area contributed by atoms with E-state index in [0.717, 1.165) is 24.3 Å². The molecule has 136 valence electrons. The van der Waals surface area contributed by atoms with Crippen molar-refractivity contribution in [1.29, 1.82) is 0 Å². The van der Waals surface area contributed by atoms with Gasteiger partial charge in [0.1, 0.15) is 5.82 Å². The third kappa shape index (κ3) is 4.45. The number of carbonyl (C=O) groups is 2. The number of esters is 1. The van der Waals surface area contributed by atoms with Gasteiger partial charge in [0.15, 0.2) is 6.10 Å². The van der Waals surface area contributed by atoms with Crippen LogP contribution in [0.4, 0.5) is 21.5 Å². The molecule has 0 aliphatic rings. The first kappa shape index (κ1) is 19.1. The Morgan fingerprint density at radius 3 is 2.58 bits per heavy atom. The van der Waals surface area contributed by atoms with Crippen molar-refractivity contribution in [2.24, 2.45) is 0 Å². The maximum Gasteiger partial charge on any atom is 0.341 e. The molecule has 0 aliphatic heterocycles. The normalized spacial score (nSPS) is 11.5. The second kappa shape index (κ2) is 7.79. The number of amides is 1. The molecule has 0 saturated carbocycles. The predicted octanol–water partition coefficient (Wildman–Crippen LogP) is 3.15. The fourth-order valence-electron chi connectivity index (χ4n) is 1.95. The quantitative estimate of drug-likeness (QED) is 0.355. The number of rotatable bonds is 5. The summed E-state index contributed by atoms with van der Waals surface area (Å²) in [5.74, 6) is -2.47. The number of non-ortho nitro benzene ring substituents is 1. The van der Waals surface area contributed by atoms with E-state index >= 15 is 0 Å². The number of benzene rings is 2. The molecule has 2 aromatic carbocycles. The van der Waals surface area contributed by atoms with E-state index in [1.54, 1.807) is 0 Å². The molecular formula is C16H13ClFN3O5. The van der Waals surface area contributed by atoms with Gasteiger partial charge in [-0.05, 0) is 31.2 Å². The van der Waals surface area contributed by atoms with Gasteiger partial charge in [-0.15, -0.1) is 0 Å². The van der Waals surface area contributed by atoms with Gasteiger partial charge in [0.25, 0.3) is 11.6 Å². The molecule has 0 aliphatic carbocycles. The molecule has 0 saturated heterocycles. The van der Waals surface area contributed by atoms with Gasteiger partial charge in [-0.25, -0.2) is 9.18 Å². The van der Waals surface area contributed by atoms with Crippen LogP contribution in [0, 0.1) is 15.9 Å². The number of nitrogens with two attached hydrogens (primary N) is 1. The number of nitro groups is 1. The minimum atomic E-state index is -1.27. The molecule has 2 aromatic rings. The van der Waals surface area contributed by atoms with Crippen LogP contribution in [-0.2, 0) is 9.53 Å². The highest BCUT2D eigenvalue weighted by Crippen LogP contribution is 2.22. The number of anilines is 2. The molecule has 0 spiro atoms. The van der Waals surface area contributed by atoms with Gasteiger partial charge < -0.3 is 15.8 Å². The van der Waals surface area contributed by atoms with Crippen molar-refractivity contribution in [2.75, 3.05) is 11.1 Å². The molecule has 0 radical (unpaired) electrons. The summed E-state index contributed by atoms with van der Waals surface area (Å²) in [6, 6.07) is 6.88. The smallest absolute Gasteiger partial charge is 0.341 e. The topological polar surface area (TPSA) is 125 Å². The lowest BCUT2D eigenvalue weighted by atomic mass is 10.1. The third-order valence-electron chi connectivity index (χ3n) is 3.31. The molecule has 0 aromatic heterocycles. The monoisotopic (exact) mass is 381 g/mol. The first-order chi connectivity index (χ1) is 12.2. The van der Waals surface area contributed by atoms with Crippen LogP contribution in [0.25, 0.3) is 0 Å². The molecule has 0 bridgehead atoms. The highest BCUT2D eigenvalue weighted by molar-refractivity contribution is 6.30. The molecular weight excluding hydrogens is 369 g/mol. The minimum Gasteiger partial charge on any atom is -0.449 e. The maximum absolute atomic E-state index is 13.7. The Bertz CT molecular complexity index is 890. The van der Waals surface area contributed by atoms with E-state index in [1.165, 1.54) is 19.1 Å². The SMILES string of the molecule is C[C@H](OC(=O)c1ccc([N+](=O)[O-])cc1N)C(=O)Nc1ccc(Cl)cc1F. The van der Waals surface area contributed by atoms with Crippen LogP contribution < -0.4 is 11.1 Å². The molecule has 8 nitrogen and oxygen atoms in total. The van der Waals surface area contributed by atoms with Crippen molar-refractivity contribution in [3.63, 3.8) is 0 Å². The zero-order chi connectivity index (χ0) is 19.4. The Balaban J connectivity index is 2.06. The fraction of sp³-hybridized carbons (Fsp3) is 0.125. The Morgan fingerprint density at radius 2 is 2.00 bits per heavy atom. The van der Waals surface area contributed by atoms with Gasteiger partial charge >= 0.3 is 5.97 Å². The summed E-state index contributed by atoms with van der Waals surface area (Å²) in [5, 5.41) is 13.1. The van der Waals surface area contributed by atoms with Crippen molar-refractivity contribution < 1.29 is 23.6 Å². The van der Waals surface area contributed by atoms with Crippen molar-refractivity contribution >= 4 is 40.5 Å². The molecule has 1 amide bonds. The van der Waals surface area contributed by atoms with E-state index in [1.807, 2.05) is 0 Å². The molecule has 10 heteroatoms. The molecule has 0 unspecified atom stereocenters. The highest BCUT2D eigenvalue weighted by Gasteiger charge is 2.22. The van der Waals surface area contributed by atoms with Crippen LogP contribution >= 0.6 is 11.6 Å². The Morgan fingerprint density at radius 1 is 1.31 bits per heavy atom. The molecule has 3 N–H and O–H groups in total. The van der Waals surface area contributed by atoms with Crippen LogP contribution in [0.5, 0.6) is 0 Å². The van der Waals surface area contributed by atoms with Crippen molar-refractivity contribution in [3.8, 4) is 0 Å². The lowest BCUT2D eigenvalue weighted by Crippen LogP contribution is -2.30. The van der Waals surface area contributed by atoms with Crippen LogP contribution in [0.2, 0.25) is 5.02 Å². The molecule has 1 atom stereocenters. The lowest BCUT2D eigenvalue weighted by Gasteiger charge is -2.14. The van der Waals surface area contributed by atoms with Gasteiger partial charge in [0, 0.05) is 17.2 Å². The standard InChI is InChI=1S/C16H13ClFN3O5/c1-8(15(22)20-14-5-2-9(17)6-12(14)18)26-16(23)11-4-3-10(21(24)25)7-13(11)19/h2-8H,19H2,1H3,(H,20,22)/t8-/m0/s1. The summed E-state index contributed by atoms with van der Waals surface area (Å²) in [6.07, 6.45) is -1.27. The first-order valence-electron chi connectivity index (χ1n) is 7.20. The van der Waals surface area contributed by atoms with Crippen LogP contribution in [0.3, 0.4) is 0 Å². The fourth-order valence-corrected chi connectivity index (χ4v) is 2.11. The number of halogens is 2. The van der Waals surface area contributed by atoms with Gasteiger partial charge in [0.05, 0.1) is 21.9 Å². The summed E-state index contributed by atoms with van der Waals surface area (Å²) in [4.78, 5) is 34.1. The van der Waals surface area contributed by atoms with Crippen molar-refractivity contribution in [2.45, 2.75) is 13.0 Å². The first-order valence-corrected chi connectivity index (χ1v) is 7.57. The van der Waals surface area contributed by atoms with Gasteiger partial charge in [-0.2, -0.15) is 0 Å². The van der Waals surface area contributed by atoms with E-state index < -0.39 is 28.7 Å². The van der Waals surface area contributed by atoms with Crippen molar-refractivity contribution in [1.82, 2.24) is 0 Å². The number of nitro benzene ring substituents is 1. The Kier molecular flexibility index (Phi) is 5.73. The summed E-state index contributed by atoms with van der Waals surface area (Å²) in [7, 11) is 0. The van der Waals surface area contributed by atoms with Crippen LogP contribution in [0.1, 0.15) is 17.3 Å². The summed E-state index contributed by atoms with van der Waals surface area (Å²) < 4.78 is 18.6. The summed E-state index contributed by atoms with van der Waals surface area (Å²) in [6.45, 7) is 1.28. The molecule has 0 fully saturated rings. The molecule has 0 heterocycles. The maximum atomic E-state index is 13.7. The number of hydrogen-bond acceptors (Lipinski definition) is 6. The third-order valence-corrected chi connectivity index (χ3v) is 3.54. The minimum absolute atomic E-state index is 0.128. The van der Waals surface area contributed by atoms with Crippen LogP contribution in [0.15, 0.2) is 36.4 Å². The average Bonchev–Trinajstić information content (AvgIpc) is 2.56. The Hall–Kier alpha value is -3.20. The molecule has 26 heavy (non-hydrogen) atoms.